The zero-order chi connectivity index (χ0) is 13.6. The van der Waals surface area contributed by atoms with E-state index in [1.54, 1.807) is 12.3 Å². The molecule has 19 heavy (non-hydrogen) atoms. The molecule has 102 valence electrons. The number of hydrogen-bond acceptors (Lipinski definition) is 5. The SMILES string of the molecule is OC[C@H]1O[C@@H](n2ccc3c(=S)nc[nH]c32)[C@@H](F)[C@@H]1O. The number of halogens is 1. The third kappa shape index (κ3) is 1.88. The number of aliphatic hydroxyl groups excluding tert-OH is 2. The second kappa shape index (κ2) is 4.64. The second-order valence-corrected chi connectivity index (χ2v) is 4.76. The molecule has 0 aliphatic carbocycles. The maximum atomic E-state index is 14.0. The van der Waals surface area contributed by atoms with Crippen molar-refractivity contribution < 1.29 is 19.3 Å². The van der Waals surface area contributed by atoms with Crippen molar-refractivity contribution in [2.45, 2.75) is 24.6 Å². The maximum Gasteiger partial charge on any atom is 0.173 e. The minimum atomic E-state index is -1.62. The van der Waals surface area contributed by atoms with Crippen LogP contribution in [0.1, 0.15) is 6.23 Å². The van der Waals surface area contributed by atoms with Crippen molar-refractivity contribution in [3.8, 4) is 0 Å². The van der Waals surface area contributed by atoms with Gasteiger partial charge in [-0.25, -0.2) is 9.37 Å². The van der Waals surface area contributed by atoms with E-state index < -0.39 is 31.2 Å². The van der Waals surface area contributed by atoms with Gasteiger partial charge < -0.3 is 24.5 Å². The smallest absolute Gasteiger partial charge is 0.173 e. The van der Waals surface area contributed by atoms with Gasteiger partial charge in [0.2, 0.25) is 0 Å². The highest BCUT2D eigenvalue weighted by Gasteiger charge is 2.45. The van der Waals surface area contributed by atoms with Crippen LogP contribution in [0, 0.1) is 4.64 Å². The minimum Gasteiger partial charge on any atom is -0.394 e. The van der Waals surface area contributed by atoms with Crippen LogP contribution in [0.3, 0.4) is 0 Å². The van der Waals surface area contributed by atoms with Crippen molar-refractivity contribution >= 4 is 23.3 Å². The standard InChI is InChI=1S/C11H12FN3O3S/c12-7-8(17)6(3-16)18-11(7)15-2-1-5-9(15)13-4-14-10(5)19/h1-2,4,6-8,11,16-17H,3H2,(H,13,14,19)/t6-,7+,8-,11-/m1/s1. The number of fused-ring (bicyclic) bond motifs is 1. The zero-order valence-electron chi connectivity index (χ0n) is 9.73. The summed E-state index contributed by atoms with van der Waals surface area (Å²) in [6.07, 6.45) is -1.87. The number of ether oxygens (including phenoxy) is 1. The van der Waals surface area contributed by atoms with E-state index in [1.807, 2.05) is 0 Å². The van der Waals surface area contributed by atoms with E-state index in [0.717, 1.165) is 0 Å². The monoisotopic (exact) mass is 285 g/mol. The van der Waals surface area contributed by atoms with Gasteiger partial charge in [-0.1, -0.05) is 12.2 Å². The summed E-state index contributed by atoms with van der Waals surface area (Å²) in [5.74, 6) is 0. The molecular formula is C11H12FN3O3S. The molecule has 3 heterocycles. The minimum absolute atomic E-state index is 0.403. The Morgan fingerprint density at radius 3 is 3.05 bits per heavy atom. The number of aliphatic hydroxyl groups is 2. The molecule has 3 rings (SSSR count). The van der Waals surface area contributed by atoms with Crippen molar-refractivity contribution in [1.29, 1.82) is 0 Å². The van der Waals surface area contributed by atoms with E-state index in [0.29, 0.717) is 15.7 Å². The van der Waals surface area contributed by atoms with E-state index in [2.05, 4.69) is 9.97 Å². The van der Waals surface area contributed by atoms with Crippen molar-refractivity contribution in [3.05, 3.63) is 23.2 Å². The number of H-pyrrole nitrogens is 1. The Morgan fingerprint density at radius 1 is 1.58 bits per heavy atom. The van der Waals surface area contributed by atoms with Gasteiger partial charge in [0, 0.05) is 6.20 Å². The highest BCUT2D eigenvalue weighted by atomic mass is 32.1. The Hall–Kier alpha value is -1.35. The highest BCUT2D eigenvalue weighted by molar-refractivity contribution is 7.71. The summed E-state index contributed by atoms with van der Waals surface area (Å²) in [6, 6.07) is 1.70. The summed E-state index contributed by atoms with van der Waals surface area (Å²) >= 11 is 5.07. The number of alkyl halides is 1. The largest absolute Gasteiger partial charge is 0.394 e. The van der Waals surface area contributed by atoms with Gasteiger partial charge in [0.25, 0.3) is 0 Å². The predicted molar refractivity (Wildman–Crippen MR) is 66.8 cm³/mol. The van der Waals surface area contributed by atoms with Crippen LogP contribution in [0.25, 0.3) is 11.0 Å². The van der Waals surface area contributed by atoms with Crippen LogP contribution in [-0.2, 0) is 4.74 Å². The average Bonchev–Trinajstić information content (AvgIpc) is 2.94. The number of aromatic nitrogens is 3. The Bertz CT molecular complexity index is 658. The van der Waals surface area contributed by atoms with Gasteiger partial charge in [0.05, 0.1) is 18.3 Å². The first kappa shape index (κ1) is 12.7. The Morgan fingerprint density at radius 2 is 2.37 bits per heavy atom. The van der Waals surface area contributed by atoms with Crippen LogP contribution in [-0.4, -0.2) is 49.7 Å². The second-order valence-electron chi connectivity index (χ2n) is 4.38. The summed E-state index contributed by atoms with van der Waals surface area (Å²) in [4.78, 5) is 6.81. The molecule has 0 unspecified atom stereocenters. The lowest BCUT2D eigenvalue weighted by atomic mass is 10.1. The lowest BCUT2D eigenvalue weighted by Crippen LogP contribution is -2.30. The fourth-order valence-electron chi connectivity index (χ4n) is 2.28. The highest BCUT2D eigenvalue weighted by Crippen LogP contribution is 2.33. The molecule has 1 fully saturated rings. The predicted octanol–water partition coefficient (Wildman–Crippen LogP) is 0.683. The van der Waals surface area contributed by atoms with Crippen molar-refractivity contribution in [1.82, 2.24) is 14.5 Å². The number of nitrogens with zero attached hydrogens (tertiary/aromatic N) is 2. The molecule has 1 aliphatic heterocycles. The number of hydrogen-bond donors (Lipinski definition) is 3. The van der Waals surface area contributed by atoms with Crippen LogP contribution in [0.2, 0.25) is 0 Å². The summed E-state index contributed by atoms with van der Waals surface area (Å²) < 4.78 is 21.3. The first-order valence-corrected chi connectivity index (χ1v) is 6.17. The lowest BCUT2D eigenvalue weighted by Gasteiger charge is -2.16. The Balaban J connectivity index is 2.06. The lowest BCUT2D eigenvalue weighted by molar-refractivity contribution is -0.0457. The topological polar surface area (TPSA) is 83.3 Å². The molecule has 0 amide bonds. The number of aromatic amines is 1. The van der Waals surface area contributed by atoms with Gasteiger partial charge in [-0.2, -0.15) is 0 Å². The van der Waals surface area contributed by atoms with Gasteiger partial charge in [0.1, 0.15) is 22.5 Å². The molecule has 2 aromatic rings. The van der Waals surface area contributed by atoms with E-state index in [-0.39, 0.29) is 0 Å². The van der Waals surface area contributed by atoms with Gasteiger partial charge in [0.15, 0.2) is 12.4 Å². The van der Waals surface area contributed by atoms with E-state index in [4.69, 9.17) is 22.1 Å². The first-order valence-electron chi connectivity index (χ1n) is 5.76. The van der Waals surface area contributed by atoms with E-state index in [1.165, 1.54) is 10.9 Å². The van der Waals surface area contributed by atoms with E-state index in [9.17, 15) is 9.50 Å². The molecule has 0 bridgehead atoms. The van der Waals surface area contributed by atoms with Gasteiger partial charge in [-0.05, 0) is 6.07 Å². The molecular weight excluding hydrogens is 273 g/mol. The number of nitrogens with one attached hydrogen (secondary N) is 1. The molecule has 0 radical (unpaired) electrons. The van der Waals surface area contributed by atoms with Crippen molar-refractivity contribution in [2.75, 3.05) is 6.61 Å². The molecule has 2 aromatic heterocycles. The van der Waals surface area contributed by atoms with Crippen LogP contribution in [0.5, 0.6) is 0 Å². The van der Waals surface area contributed by atoms with Gasteiger partial charge in [-0.15, -0.1) is 0 Å². The molecule has 1 saturated heterocycles. The molecule has 0 spiro atoms. The molecule has 1 aliphatic rings. The summed E-state index contributed by atoms with van der Waals surface area (Å²) in [5, 5.41) is 19.3. The molecule has 6 nitrogen and oxygen atoms in total. The average molecular weight is 285 g/mol. The fourth-order valence-corrected chi connectivity index (χ4v) is 2.50. The quantitative estimate of drug-likeness (QED) is 0.707. The van der Waals surface area contributed by atoms with Gasteiger partial charge >= 0.3 is 0 Å². The zero-order valence-corrected chi connectivity index (χ0v) is 10.5. The third-order valence-corrected chi connectivity index (χ3v) is 3.60. The fraction of sp³-hybridized carbons (Fsp3) is 0.455. The Labute approximate surface area is 112 Å². The van der Waals surface area contributed by atoms with Crippen molar-refractivity contribution in [3.63, 3.8) is 0 Å². The van der Waals surface area contributed by atoms with Crippen LogP contribution >= 0.6 is 12.2 Å². The van der Waals surface area contributed by atoms with Crippen molar-refractivity contribution in [2.24, 2.45) is 0 Å². The molecule has 0 saturated carbocycles. The summed E-state index contributed by atoms with van der Waals surface area (Å²) in [6.45, 7) is -0.436. The number of rotatable bonds is 2. The normalized spacial score (nSPS) is 31.1. The van der Waals surface area contributed by atoms with Crippen LogP contribution in [0.15, 0.2) is 18.6 Å². The first-order chi connectivity index (χ1) is 9.13. The van der Waals surface area contributed by atoms with Gasteiger partial charge in [-0.3, -0.25) is 0 Å². The van der Waals surface area contributed by atoms with E-state index >= 15 is 0 Å². The molecule has 0 aromatic carbocycles. The Kier molecular flexibility index (Phi) is 3.09. The van der Waals surface area contributed by atoms with Crippen LogP contribution in [0.4, 0.5) is 4.39 Å². The maximum absolute atomic E-state index is 14.0. The molecule has 3 N–H and O–H groups in total. The third-order valence-electron chi connectivity index (χ3n) is 3.28. The van der Waals surface area contributed by atoms with Crippen LogP contribution < -0.4 is 0 Å². The summed E-state index contributed by atoms with van der Waals surface area (Å²) in [5.41, 5.74) is 0.568. The molecule has 8 heteroatoms. The molecule has 4 atom stereocenters. The summed E-state index contributed by atoms with van der Waals surface area (Å²) in [7, 11) is 0.